The minimum atomic E-state index is -0.664. The molecule has 0 heterocycles. The van der Waals surface area contributed by atoms with Crippen LogP contribution in [0.4, 0.5) is 0 Å². The number of carbonyl (C=O) groups excluding carboxylic acids is 1. The summed E-state index contributed by atoms with van der Waals surface area (Å²) in [5, 5.41) is 6.89. The van der Waals surface area contributed by atoms with Gasteiger partial charge in [0.1, 0.15) is 11.4 Å². The Kier molecular flexibility index (Phi) is 3.72. The minimum Gasteiger partial charge on any atom is -0.462 e. The number of hydrogen-bond donors (Lipinski definition) is 3. The van der Waals surface area contributed by atoms with E-state index in [2.05, 4.69) is 4.74 Å². The molecule has 0 amide bonds. The maximum absolute atomic E-state index is 10.8. The molecule has 0 bridgehead atoms. The van der Waals surface area contributed by atoms with Crippen molar-refractivity contribution < 1.29 is 9.53 Å². The highest BCUT2D eigenvalue weighted by molar-refractivity contribution is 6.16. The van der Waals surface area contributed by atoms with Crippen LogP contribution in [0.1, 0.15) is 6.92 Å². The number of hydrogen-bond acceptors (Lipinski definition) is 4. The molecule has 0 atom stereocenters. The molecule has 0 spiro atoms. The average molecular weight is 157 g/mol. The minimum absolute atomic E-state index is 0.105. The van der Waals surface area contributed by atoms with Crippen molar-refractivity contribution in [3.05, 3.63) is 11.8 Å². The molecule has 5 N–H and O–H groups in total. The fraction of sp³-hybridized carbons (Fsp3) is 0.333. The summed E-state index contributed by atoms with van der Waals surface area (Å²) in [6.45, 7) is 1.90. The van der Waals surface area contributed by atoms with E-state index in [0.29, 0.717) is 0 Å². The molecule has 0 unspecified atom stereocenters. The largest absolute Gasteiger partial charge is 0.462 e. The Morgan fingerprint density at radius 1 is 1.73 bits per heavy atom. The molecule has 0 aliphatic carbocycles. The lowest BCUT2D eigenvalue weighted by Crippen LogP contribution is -2.22. The van der Waals surface area contributed by atoms with Crippen molar-refractivity contribution in [2.24, 2.45) is 11.5 Å². The second kappa shape index (κ2) is 4.32. The van der Waals surface area contributed by atoms with Crippen LogP contribution >= 0.6 is 0 Å². The van der Waals surface area contributed by atoms with Gasteiger partial charge in [0.05, 0.1) is 6.61 Å². The maximum atomic E-state index is 10.8. The van der Waals surface area contributed by atoms with E-state index in [1.165, 1.54) is 0 Å². The Morgan fingerprint density at radius 3 is 2.55 bits per heavy atom. The molecule has 11 heavy (non-hydrogen) atoms. The van der Waals surface area contributed by atoms with E-state index < -0.39 is 5.97 Å². The third-order valence-electron chi connectivity index (χ3n) is 0.952. The summed E-state index contributed by atoms with van der Waals surface area (Å²) in [4.78, 5) is 10.8. The lowest BCUT2D eigenvalue weighted by molar-refractivity contribution is -0.137. The standard InChI is InChI=1S/C6H11N3O2/c1-2-11-6(10)4(3-7)5(8)9/h3H,2,7H2,1H3,(H3,8,9). The van der Waals surface area contributed by atoms with Gasteiger partial charge in [-0.2, -0.15) is 0 Å². The molecule has 0 saturated heterocycles. The van der Waals surface area contributed by atoms with Crippen LogP contribution in [0.15, 0.2) is 11.8 Å². The van der Waals surface area contributed by atoms with Crippen molar-refractivity contribution in [1.82, 2.24) is 0 Å². The van der Waals surface area contributed by atoms with Crippen molar-refractivity contribution in [2.75, 3.05) is 6.61 Å². The zero-order valence-electron chi connectivity index (χ0n) is 6.26. The van der Waals surface area contributed by atoms with Gasteiger partial charge in [-0.1, -0.05) is 0 Å². The normalized spacial score (nSPS) is 10.8. The van der Waals surface area contributed by atoms with E-state index in [4.69, 9.17) is 16.9 Å². The zero-order chi connectivity index (χ0) is 8.85. The topological polar surface area (TPSA) is 102 Å². The smallest absolute Gasteiger partial charge is 0.343 e. The zero-order valence-corrected chi connectivity index (χ0v) is 6.26. The predicted octanol–water partition coefficient (Wildman–Crippen LogP) is -0.672. The Morgan fingerprint density at radius 2 is 2.27 bits per heavy atom. The van der Waals surface area contributed by atoms with Gasteiger partial charge in [-0.25, -0.2) is 4.79 Å². The highest BCUT2D eigenvalue weighted by Gasteiger charge is 2.11. The molecular formula is C6H11N3O2. The van der Waals surface area contributed by atoms with Gasteiger partial charge in [0.2, 0.25) is 0 Å². The van der Waals surface area contributed by atoms with E-state index in [1.54, 1.807) is 6.92 Å². The quantitative estimate of drug-likeness (QED) is 0.219. The predicted molar refractivity (Wildman–Crippen MR) is 40.8 cm³/mol. The van der Waals surface area contributed by atoms with Gasteiger partial charge in [-0.3, -0.25) is 5.41 Å². The van der Waals surface area contributed by atoms with Gasteiger partial charge in [-0.05, 0) is 6.92 Å². The Labute approximate surface area is 64.5 Å². The fourth-order valence-corrected chi connectivity index (χ4v) is 0.477. The van der Waals surface area contributed by atoms with Crippen molar-refractivity contribution in [2.45, 2.75) is 6.92 Å². The molecule has 0 saturated carbocycles. The van der Waals surface area contributed by atoms with E-state index in [1.807, 2.05) is 0 Å². The highest BCUT2D eigenvalue weighted by atomic mass is 16.5. The first-order valence-electron chi connectivity index (χ1n) is 3.06. The molecule has 0 rings (SSSR count). The van der Waals surface area contributed by atoms with Gasteiger partial charge < -0.3 is 16.2 Å². The number of esters is 1. The molecular weight excluding hydrogens is 146 g/mol. The van der Waals surface area contributed by atoms with Crippen LogP contribution in [0.5, 0.6) is 0 Å². The second-order valence-electron chi connectivity index (χ2n) is 1.71. The average Bonchev–Trinajstić information content (AvgIpc) is 1.88. The van der Waals surface area contributed by atoms with E-state index in [0.717, 1.165) is 6.20 Å². The van der Waals surface area contributed by atoms with Crippen LogP contribution in [-0.4, -0.2) is 18.4 Å². The molecule has 0 fully saturated rings. The van der Waals surface area contributed by atoms with E-state index in [9.17, 15) is 4.79 Å². The van der Waals surface area contributed by atoms with Crippen molar-refractivity contribution >= 4 is 11.8 Å². The first-order valence-corrected chi connectivity index (χ1v) is 3.06. The third-order valence-corrected chi connectivity index (χ3v) is 0.952. The summed E-state index contributed by atoms with van der Waals surface area (Å²) < 4.78 is 4.55. The van der Waals surface area contributed by atoms with Crippen molar-refractivity contribution in [3.8, 4) is 0 Å². The number of ether oxygens (including phenoxy) is 1. The first kappa shape index (κ1) is 9.48. The van der Waals surface area contributed by atoms with Crippen LogP contribution in [-0.2, 0) is 9.53 Å². The monoisotopic (exact) mass is 157 g/mol. The SMILES string of the molecule is CCOC(=O)C(=CN)C(=N)N. The highest BCUT2D eigenvalue weighted by Crippen LogP contribution is 1.94. The molecule has 0 aromatic carbocycles. The van der Waals surface area contributed by atoms with Gasteiger partial charge in [0, 0.05) is 6.20 Å². The summed E-state index contributed by atoms with van der Waals surface area (Å²) in [5.74, 6) is -1.05. The van der Waals surface area contributed by atoms with Crippen molar-refractivity contribution in [3.63, 3.8) is 0 Å². The Hall–Kier alpha value is -1.52. The van der Waals surface area contributed by atoms with Crippen LogP contribution in [0.3, 0.4) is 0 Å². The number of carbonyl (C=O) groups is 1. The molecule has 5 heteroatoms. The first-order chi connectivity index (χ1) is 5.13. The number of rotatable bonds is 3. The summed E-state index contributed by atoms with van der Waals surface area (Å²) in [6.07, 6.45) is 0.959. The summed E-state index contributed by atoms with van der Waals surface area (Å²) in [6, 6.07) is 0. The fourth-order valence-electron chi connectivity index (χ4n) is 0.477. The van der Waals surface area contributed by atoms with Crippen LogP contribution < -0.4 is 11.5 Å². The molecule has 62 valence electrons. The lowest BCUT2D eigenvalue weighted by atomic mass is 10.3. The molecule has 0 aromatic rings. The maximum Gasteiger partial charge on any atom is 0.343 e. The summed E-state index contributed by atoms with van der Waals surface area (Å²) in [5.41, 5.74) is 9.93. The van der Waals surface area contributed by atoms with E-state index >= 15 is 0 Å². The molecule has 0 radical (unpaired) electrons. The summed E-state index contributed by atoms with van der Waals surface area (Å²) in [7, 11) is 0. The molecule has 0 aromatic heterocycles. The third kappa shape index (κ3) is 2.70. The number of nitrogens with two attached hydrogens (primary N) is 2. The van der Waals surface area contributed by atoms with Gasteiger partial charge in [0.25, 0.3) is 0 Å². The second-order valence-corrected chi connectivity index (χ2v) is 1.71. The lowest BCUT2D eigenvalue weighted by Gasteiger charge is -2.02. The Bertz CT molecular complexity index is 198. The van der Waals surface area contributed by atoms with Crippen LogP contribution in [0.25, 0.3) is 0 Å². The van der Waals surface area contributed by atoms with Crippen LogP contribution in [0, 0.1) is 5.41 Å². The number of nitrogens with one attached hydrogen (secondary N) is 1. The molecule has 5 nitrogen and oxygen atoms in total. The molecule has 0 aliphatic rings. The molecule has 0 aliphatic heterocycles. The van der Waals surface area contributed by atoms with E-state index in [-0.39, 0.29) is 18.0 Å². The Balaban J connectivity index is 4.29. The van der Waals surface area contributed by atoms with Gasteiger partial charge in [-0.15, -0.1) is 0 Å². The van der Waals surface area contributed by atoms with Crippen LogP contribution in [0.2, 0.25) is 0 Å². The van der Waals surface area contributed by atoms with Crippen molar-refractivity contribution in [1.29, 1.82) is 5.41 Å². The van der Waals surface area contributed by atoms with Gasteiger partial charge >= 0.3 is 5.97 Å². The number of amidine groups is 1. The summed E-state index contributed by atoms with van der Waals surface area (Å²) >= 11 is 0. The van der Waals surface area contributed by atoms with Gasteiger partial charge in [0.15, 0.2) is 0 Å².